The van der Waals surface area contributed by atoms with Gasteiger partial charge in [-0.25, -0.2) is 0 Å². The molecule has 0 aliphatic carbocycles. The van der Waals surface area contributed by atoms with Gasteiger partial charge in [0.05, 0.1) is 0 Å². The zero-order chi connectivity index (χ0) is 19.1. The summed E-state index contributed by atoms with van der Waals surface area (Å²) in [5.41, 5.74) is 1.42. The Morgan fingerprint density at radius 2 is 1.93 bits per heavy atom. The van der Waals surface area contributed by atoms with Gasteiger partial charge in [-0.1, -0.05) is 43.7 Å². The summed E-state index contributed by atoms with van der Waals surface area (Å²) in [7, 11) is 1.95. The minimum Gasteiger partial charge on any atom is -0.346 e. The summed E-state index contributed by atoms with van der Waals surface area (Å²) in [6.45, 7) is 7.68. The molecule has 1 aromatic carbocycles. The van der Waals surface area contributed by atoms with Crippen molar-refractivity contribution in [2.24, 2.45) is 11.8 Å². The fraction of sp³-hybridized carbons (Fsp3) is 0.696. The molecule has 0 radical (unpaired) electrons. The van der Waals surface area contributed by atoms with Crippen LogP contribution in [-0.2, 0) is 11.3 Å². The largest absolute Gasteiger partial charge is 0.346 e. The molecule has 166 valence electrons. The lowest BCUT2D eigenvalue weighted by Gasteiger charge is -2.46. The van der Waals surface area contributed by atoms with Crippen molar-refractivity contribution in [3.05, 3.63) is 35.9 Å². The van der Waals surface area contributed by atoms with Gasteiger partial charge < -0.3 is 10.2 Å². The van der Waals surface area contributed by atoms with E-state index in [2.05, 4.69) is 47.5 Å². The van der Waals surface area contributed by atoms with Crippen LogP contribution in [0.15, 0.2) is 30.3 Å². The number of hydrogen-bond donors (Lipinski definition) is 1. The van der Waals surface area contributed by atoms with Crippen LogP contribution in [0.3, 0.4) is 0 Å². The monoisotopic (exact) mass is 443 g/mol. The van der Waals surface area contributed by atoms with E-state index in [-0.39, 0.29) is 24.8 Å². The van der Waals surface area contributed by atoms with Crippen molar-refractivity contribution in [2.45, 2.75) is 58.0 Å². The van der Waals surface area contributed by atoms with Gasteiger partial charge in [-0.05, 0) is 49.6 Å². The highest BCUT2D eigenvalue weighted by molar-refractivity contribution is 5.85. The molecule has 29 heavy (non-hydrogen) atoms. The molecular formula is C23H39Cl2N3O. The molecule has 0 unspecified atom stereocenters. The predicted molar refractivity (Wildman–Crippen MR) is 126 cm³/mol. The van der Waals surface area contributed by atoms with Crippen LogP contribution in [0.4, 0.5) is 0 Å². The Morgan fingerprint density at radius 3 is 2.66 bits per heavy atom. The number of likely N-dealkylation sites (tertiary alicyclic amines) is 1. The van der Waals surface area contributed by atoms with Crippen LogP contribution >= 0.6 is 24.8 Å². The molecule has 4 nitrogen and oxygen atoms in total. The lowest BCUT2D eigenvalue weighted by atomic mass is 9.79. The van der Waals surface area contributed by atoms with E-state index in [1.165, 1.54) is 25.1 Å². The zero-order valence-corrected chi connectivity index (χ0v) is 19.6. The van der Waals surface area contributed by atoms with E-state index in [0.717, 1.165) is 57.2 Å². The fourth-order valence-electron chi connectivity index (χ4n) is 4.77. The van der Waals surface area contributed by atoms with E-state index in [4.69, 9.17) is 0 Å². The molecule has 0 saturated carbocycles. The van der Waals surface area contributed by atoms with E-state index in [9.17, 15) is 4.79 Å². The van der Waals surface area contributed by atoms with Crippen molar-refractivity contribution in [3.63, 3.8) is 0 Å². The van der Waals surface area contributed by atoms with Gasteiger partial charge in [0.2, 0.25) is 5.91 Å². The second kappa shape index (κ2) is 13.5. The van der Waals surface area contributed by atoms with Crippen molar-refractivity contribution in [1.29, 1.82) is 0 Å². The zero-order valence-electron chi connectivity index (χ0n) is 18.0. The maximum Gasteiger partial charge on any atom is 0.222 e. The average molecular weight is 444 g/mol. The van der Waals surface area contributed by atoms with Crippen LogP contribution in [0.25, 0.3) is 0 Å². The number of piperidine rings is 2. The van der Waals surface area contributed by atoms with Gasteiger partial charge in [-0.2, -0.15) is 0 Å². The van der Waals surface area contributed by atoms with Crippen LogP contribution in [0, 0.1) is 11.8 Å². The molecule has 2 bridgehead atoms. The second-order valence-corrected chi connectivity index (χ2v) is 8.62. The second-order valence-electron chi connectivity index (χ2n) is 8.62. The molecular weight excluding hydrogens is 405 g/mol. The summed E-state index contributed by atoms with van der Waals surface area (Å²) in [5, 5.41) is 3.79. The van der Waals surface area contributed by atoms with Crippen molar-refractivity contribution in [2.75, 3.05) is 33.2 Å². The lowest BCUT2D eigenvalue weighted by Crippen LogP contribution is -2.55. The van der Waals surface area contributed by atoms with Gasteiger partial charge in [0, 0.05) is 45.7 Å². The molecule has 1 N–H and O–H groups in total. The summed E-state index contributed by atoms with van der Waals surface area (Å²) in [4.78, 5) is 16.8. The van der Waals surface area contributed by atoms with Gasteiger partial charge in [0.15, 0.2) is 0 Å². The van der Waals surface area contributed by atoms with Crippen LogP contribution < -0.4 is 5.32 Å². The fourth-order valence-corrected chi connectivity index (χ4v) is 4.77. The Morgan fingerprint density at radius 1 is 1.17 bits per heavy atom. The number of carbonyl (C=O) groups excluding carboxylic acids is 1. The number of carbonyl (C=O) groups is 1. The summed E-state index contributed by atoms with van der Waals surface area (Å²) in [5.74, 6) is 1.83. The number of unbranched alkanes of at least 4 members (excludes halogenated alkanes) is 1. The average Bonchev–Trinajstić information content (AvgIpc) is 2.68. The van der Waals surface area contributed by atoms with Crippen molar-refractivity contribution >= 4 is 30.7 Å². The minimum absolute atomic E-state index is 0. The molecule has 2 aliphatic heterocycles. The van der Waals surface area contributed by atoms with E-state index in [1.807, 2.05) is 11.9 Å². The maximum atomic E-state index is 12.3. The molecule has 3 atom stereocenters. The lowest BCUT2D eigenvalue weighted by molar-refractivity contribution is -0.130. The van der Waals surface area contributed by atoms with Crippen molar-refractivity contribution in [3.8, 4) is 0 Å². The van der Waals surface area contributed by atoms with Crippen LogP contribution in [0.5, 0.6) is 0 Å². The van der Waals surface area contributed by atoms with Gasteiger partial charge >= 0.3 is 0 Å². The van der Waals surface area contributed by atoms with E-state index >= 15 is 0 Å². The standard InChI is InChI=1S/C23H37N3O.2ClH/c1-3-4-13-25(2)23(27)12-8-11-22-21-14-20(15-24-22)17-26(18-21)16-19-9-6-5-7-10-19;;/h5-7,9-10,20-22,24H,3-4,8,11-18H2,1-2H3;2*1H/t20-,21+,22+;;/m0../s1. The maximum absolute atomic E-state index is 12.3. The van der Waals surface area contributed by atoms with Crippen LogP contribution in [0.2, 0.25) is 0 Å². The van der Waals surface area contributed by atoms with E-state index in [0.29, 0.717) is 18.4 Å². The summed E-state index contributed by atoms with van der Waals surface area (Å²) in [6, 6.07) is 11.4. The quantitative estimate of drug-likeness (QED) is 0.615. The molecule has 2 fully saturated rings. The number of hydrogen-bond acceptors (Lipinski definition) is 3. The van der Waals surface area contributed by atoms with Gasteiger partial charge in [0.25, 0.3) is 0 Å². The Bertz CT molecular complexity index is 587. The molecule has 2 aliphatic rings. The van der Waals surface area contributed by atoms with E-state index < -0.39 is 0 Å². The summed E-state index contributed by atoms with van der Waals surface area (Å²) in [6.07, 6.45) is 6.44. The molecule has 0 aromatic heterocycles. The third kappa shape index (κ3) is 8.09. The predicted octanol–water partition coefficient (Wildman–Crippen LogP) is 4.37. The third-order valence-corrected chi connectivity index (χ3v) is 6.31. The smallest absolute Gasteiger partial charge is 0.222 e. The number of nitrogens with one attached hydrogen (secondary N) is 1. The summed E-state index contributed by atoms with van der Waals surface area (Å²) >= 11 is 0. The Labute approximate surface area is 189 Å². The molecule has 0 spiro atoms. The van der Waals surface area contributed by atoms with Gasteiger partial charge in [-0.15, -0.1) is 24.8 Å². The number of fused-ring (bicyclic) bond motifs is 2. The highest BCUT2D eigenvalue weighted by atomic mass is 35.5. The summed E-state index contributed by atoms with van der Waals surface area (Å²) < 4.78 is 0. The first-order valence-electron chi connectivity index (χ1n) is 10.9. The van der Waals surface area contributed by atoms with E-state index in [1.54, 1.807) is 0 Å². The normalized spacial score (nSPS) is 23.6. The van der Waals surface area contributed by atoms with Crippen molar-refractivity contribution < 1.29 is 4.79 Å². The number of halogens is 2. The topological polar surface area (TPSA) is 35.6 Å². The van der Waals surface area contributed by atoms with Crippen LogP contribution in [0.1, 0.15) is 51.0 Å². The molecule has 2 saturated heterocycles. The Kier molecular flexibility index (Phi) is 12.2. The van der Waals surface area contributed by atoms with Crippen LogP contribution in [-0.4, -0.2) is 55.0 Å². The van der Waals surface area contributed by atoms with Gasteiger partial charge in [-0.3, -0.25) is 9.69 Å². The van der Waals surface area contributed by atoms with Crippen molar-refractivity contribution in [1.82, 2.24) is 15.1 Å². The highest BCUT2D eigenvalue weighted by Crippen LogP contribution is 2.31. The number of rotatable bonds is 9. The highest BCUT2D eigenvalue weighted by Gasteiger charge is 2.36. The number of benzene rings is 1. The molecule has 3 rings (SSSR count). The third-order valence-electron chi connectivity index (χ3n) is 6.31. The SMILES string of the molecule is CCCCN(C)C(=O)CCC[C@H]1NC[C@@H]2C[C@@H]1CN(Cc1ccccc1)C2.Cl.Cl. The molecule has 1 amide bonds. The number of nitrogens with zero attached hydrogens (tertiary/aromatic N) is 2. The molecule has 6 heteroatoms. The minimum atomic E-state index is 0. The molecule has 1 aromatic rings. The molecule has 2 heterocycles. The Hall–Kier alpha value is -0.810. The van der Waals surface area contributed by atoms with Gasteiger partial charge in [0.1, 0.15) is 0 Å². The first-order chi connectivity index (χ1) is 13.2. The number of amides is 1. The first-order valence-corrected chi connectivity index (χ1v) is 10.9. The first kappa shape index (κ1) is 26.2. The Balaban J connectivity index is 0.00000210.